The van der Waals surface area contributed by atoms with Crippen molar-refractivity contribution in [2.45, 2.75) is 39.7 Å². The number of nitrogens with zero attached hydrogens (tertiary/aromatic N) is 1. The SMILES string of the molecule is CCc1cnc(CNC(=O)NCC(C)CCC(=O)O)o1. The van der Waals surface area contributed by atoms with Crippen molar-refractivity contribution in [3.05, 3.63) is 17.8 Å². The summed E-state index contributed by atoms with van der Waals surface area (Å²) in [5.41, 5.74) is 0. The van der Waals surface area contributed by atoms with E-state index < -0.39 is 5.97 Å². The molecule has 0 aliphatic carbocycles. The van der Waals surface area contributed by atoms with Gasteiger partial charge in [-0.3, -0.25) is 4.79 Å². The number of oxazole rings is 1. The van der Waals surface area contributed by atoms with Gasteiger partial charge in [-0.2, -0.15) is 0 Å². The van der Waals surface area contributed by atoms with Gasteiger partial charge in [-0.05, 0) is 12.3 Å². The van der Waals surface area contributed by atoms with E-state index in [1.54, 1.807) is 6.20 Å². The molecule has 0 aliphatic heterocycles. The molecule has 1 aromatic rings. The van der Waals surface area contributed by atoms with Crippen LogP contribution in [0.15, 0.2) is 10.6 Å². The van der Waals surface area contributed by atoms with Crippen LogP contribution in [0.4, 0.5) is 4.79 Å². The number of hydrogen-bond acceptors (Lipinski definition) is 4. The molecular formula is C13H21N3O4. The lowest BCUT2D eigenvalue weighted by atomic mass is 10.1. The summed E-state index contributed by atoms with van der Waals surface area (Å²) in [7, 11) is 0. The lowest BCUT2D eigenvalue weighted by molar-refractivity contribution is -0.137. The molecular weight excluding hydrogens is 262 g/mol. The van der Waals surface area contributed by atoms with Crippen LogP contribution in [0.1, 0.15) is 38.3 Å². The fourth-order valence-corrected chi connectivity index (χ4v) is 1.55. The zero-order valence-electron chi connectivity index (χ0n) is 11.8. The minimum absolute atomic E-state index is 0.112. The van der Waals surface area contributed by atoms with Crippen LogP contribution in [0.25, 0.3) is 0 Å². The van der Waals surface area contributed by atoms with E-state index in [2.05, 4.69) is 15.6 Å². The summed E-state index contributed by atoms with van der Waals surface area (Å²) >= 11 is 0. The fraction of sp³-hybridized carbons (Fsp3) is 0.615. The molecule has 0 aliphatic rings. The van der Waals surface area contributed by atoms with Gasteiger partial charge in [0.2, 0.25) is 5.89 Å². The number of carbonyl (C=O) groups excluding carboxylic acids is 1. The van der Waals surface area contributed by atoms with Crippen molar-refractivity contribution in [1.29, 1.82) is 0 Å². The minimum atomic E-state index is -0.822. The van der Waals surface area contributed by atoms with E-state index in [4.69, 9.17) is 9.52 Å². The zero-order valence-corrected chi connectivity index (χ0v) is 11.8. The Bertz CT molecular complexity index is 445. The maximum Gasteiger partial charge on any atom is 0.315 e. The molecule has 112 valence electrons. The number of hydrogen-bond donors (Lipinski definition) is 3. The van der Waals surface area contributed by atoms with Crippen LogP contribution in [0.2, 0.25) is 0 Å². The van der Waals surface area contributed by atoms with Crippen molar-refractivity contribution in [2.24, 2.45) is 5.92 Å². The summed E-state index contributed by atoms with van der Waals surface area (Å²) in [5, 5.41) is 13.9. The van der Waals surface area contributed by atoms with Gasteiger partial charge >= 0.3 is 12.0 Å². The Morgan fingerprint density at radius 1 is 1.45 bits per heavy atom. The van der Waals surface area contributed by atoms with Gasteiger partial charge in [0, 0.05) is 19.4 Å². The number of nitrogens with one attached hydrogen (secondary N) is 2. The van der Waals surface area contributed by atoms with Crippen molar-refractivity contribution < 1.29 is 19.1 Å². The number of rotatable bonds is 8. The van der Waals surface area contributed by atoms with Crippen LogP contribution in [-0.4, -0.2) is 28.6 Å². The van der Waals surface area contributed by atoms with Crippen molar-refractivity contribution >= 4 is 12.0 Å². The highest BCUT2D eigenvalue weighted by Gasteiger charge is 2.08. The van der Waals surface area contributed by atoms with Crippen LogP contribution < -0.4 is 10.6 Å². The number of urea groups is 1. The number of carboxylic acid groups (broad SMARTS) is 1. The van der Waals surface area contributed by atoms with E-state index >= 15 is 0 Å². The Kier molecular flexibility index (Phi) is 6.55. The Morgan fingerprint density at radius 3 is 2.80 bits per heavy atom. The monoisotopic (exact) mass is 283 g/mol. The fourth-order valence-electron chi connectivity index (χ4n) is 1.55. The van der Waals surface area contributed by atoms with E-state index in [0.717, 1.165) is 12.2 Å². The standard InChI is InChI=1S/C13H21N3O4/c1-3-10-7-14-11(20-10)8-16-13(19)15-6-9(2)4-5-12(17)18/h7,9H,3-6,8H2,1-2H3,(H,17,18)(H2,15,16,19). The van der Waals surface area contributed by atoms with Gasteiger partial charge in [0.1, 0.15) is 5.76 Å². The van der Waals surface area contributed by atoms with Crippen LogP contribution in [-0.2, 0) is 17.8 Å². The first kappa shape index (κ1) is 16.0. The van der Waals surface area contributed by atoms with Crippen molar-refractivity contribution in [3.8, 4) is 0 Å². The van der Waals surface area contributed by atoms with Crippen LogP contribution in [0.5, 0.6) is 0 Å². The first-order chi connectivity index (χ1) is 9.51. The summed E-state index contributed by atoms with van der Waals surface area (Å²) in [5.74, 6) is 0.544. The Balaban J connectivity index is 2.18. The van der Waals surface area contributed by atoms with E-state index in [0.29, 0.717) is 18.9 Å². The van der Waals surface area contributed by atoms with Crippen LogP contribution in [0, 0.1) is 5.92 Å². The molecule has 3 N–H and O–H groups in total. The molecule has 1 aromatic heterocycles. The second-order valence-electron chi connectivity index (χ2n) is 4.68. The molecule has 7 heteroatoms. The second-order valence-corrected chi connectivity index (χ2v) is 4.68. The number of aryl methyl sites for hydroxylation is 1. The average molecular weight is 283 g/mol. The number of amides is 2. The molecule has 1 rings (SSSR count). The van der Waals surface area contributed by atoms with E-state index in [1.165, 1.54) is 0 Å². The molecule has 0 saturated heterocycles. The van der Waals surface area contributed by atoms with Gasteiger partial charge in [0.25, 0.3) is 0 Å². The number of carbonyl (C=O) groups is 2. The predicted octanol–water partition coefficient (Wildman–Crippen LogP) is 1.54. The molecule has 1 atom stereocenters. The molecule has 0 radical (unpaired) electrons. The summed E-state index contributed by atoms with van der Waals surface area (Å²) < 4.78 is 5.35. The smallest absolute Gasteiger partial charge is 0.315 e. The number of aliphatic carboxylic acids is 1. The van der Waals surface area contributed by atoms with Gasteiger partial charge < -0.3 is 20.2 Å². The largest absolute Gasteiger partial charge is 0.481 e. The van der Waals surface area contributed by atoms with E-state index in [9.17, 15) is 9.59 Å². The normalized spacial score (nSPS) is 11.9. The Labute approximate surface area is 117 Å². The third-order valence-electron chi connectivity index (χ3n) is 2.81. The third kappa shape index (κ3) is 6.21. The number of aromatic nitrogens is 1. The highest BCUT2D eigenvalue weighted by atomic mass is 16.4. The van der Waals surface area contributed by atoms with Gasteiger partial charge in [0.15, 0.2) is 0 Å². The molecule has 0 fully saturated rings. The quantitative estimate of drug-likeness (QED) is 0.671. The van der Waals surface area contributed by atoms with Crippen LogP contribution >= 0.6 is 0 Å². The predicted molar refractivity (Wildman–Crippen MR) is 72.2 cm³/mol. The van der Waals surface area contributed by atoms with Gasteiger partial charge in [-0.1, -0.05) is 13.8 Å². The van der Waals surface area contributed by atoms with Crippen molar-refractivity contribution in [3.63, 3.8) is 0 Å². The van der Waals surface area contributed by atoms with Gasteiger partial charge in [0.05, 0.1) is 12.7 Å². The van der Waals surface area contributed by atoms with E-state index in [1.807, 2.05) is 13.8 Å². The third-order valence-corrected chi connectivity index (χ3v) is 2.81. The van der Waals surface area contributed by atoms with E-state index in [-0.39, 0.29) is 24.9 Å². The first-order valence-corrected chi connectivity index (χ1v) is 6.68. The zero-order chi connectivity index (χ0) is 15.0. The highest BCUT2D eigenvalue weighted by molar-refractivity contribution is 5.73. The molecule has 0 aromatic carbocycles. The van der Waals surface area contributed by atoms with Crippen LogP contribution in [0.3, 0.4) is 0 Å². The Hall–Kier alpha value is -2.05. The second kappa shape index (κ2) is 8.19. The molecule has 0 spiro atoms. The molecule has 7 nitrogen and oxygen atoms in total. The summed E-state index contributed by atoms with van der Waals surface area (Å²) in [6, 6.07) is -0.316. The molecule has 2 amide bonds. The van der Waals surface area contributed by atoms with Crippen molar-refractivity contribution in [1.82, 2.24) is 15.6 Å². The summed E-state index contributed by atoms with van der Waals surface area (Å²) in [6.45, 7) is 4.52. The van der Waals surface area contributed by atoms with Gasteiger partial charge in [-0.25, -0.2) is 9.78 Å². The van der Waals surface area contributed by atoms with Crippen molar-refractivity contribution in [2.75, 3.05) is 6.54 Å². The minimum Gasteiger partial charge on any atom is -0.481 e. The maximum atomic E-state index is 11.5. The highest BCUT2D eigenvalue weighted by Crippen LogP contribution is 2.04. The first-order valence-electron chi connectivity index (χ1n) is 6.68. The summed E-state index contributed by atoms with van der Waals surface area (Å²) in [6.07, 6.45) is 3.05. The molecule has 1 heterocycles. The topological polar surface area (TPSA) is 104 Å². The molecule has 0 saturated carbocycles. The number of carboxylic acids is 1. The lowest BCUT2D eigenvalue weighted by Gasteiger charge is -2.11. The molecule has 0 bridgehead atoms. The summed E-state index contributed by atoms with van der Waals surface area (Å²) in [4.78, 5) is 26.0. The van der Waals surface area contributed by atoms with Gasteiger partial charge in [-0.15, -0.1) is 0 Å². The lowest BCUT2D eigenvalue weighted by Crippen LogP contribution is -2.37. The molecule has 1 unspecified atom stereocenters. The maximum absolute atomic E-state index is 11.5. The Morgan fingerprint density at radius 2 is 2.20 bits per heavy atom. The average Bonchev–Trinajstić information content (AvgIpc) is 2.88. The molecule has 20 heavy (non-hydrogen) atoms.